The Labute approximate surface area is 134 Å². The average Bonchev–Trinajstić information content (AvgIpc) is 2.48. The van der Waals surface area contributed by atoms with Crippen molar-refractivity contribution < 1.29 is 0 Å². The Balaban J connectivity index is 1.84. The van der Waals surface area contributed by atoms with Gasteiger partial charge in [0.1, 0.15) is 0 Å². The Morgan fingerprint density at radius 2 is 2.14 bits per heavy atom. The summed E-state index contributed by atoms with van der Waals surface area (Å²) in [6.45, 7) is 9.27. The lowest BCUT2D eigenvalue weighted by molar-refractivity contribution is 0.139. The number of nitrogens with one attached hydrogen (secondary N) is 2. The van der Waals surface area contributed by atoms with E-state index in [1.54, 1.807) is 0 Å². The van der Waals surface area contributed by atoms with Gasteiger partial charge in [-0.15, -0.1) is 0 Å². The van der Waals surface area contributed by atoms with Crippen molar-refractivity contribution in [3.8, 4) is 0 Å². The molecule has 1 heterocycles. The predicted octanol–water partition coefficient (Wildman–Crippen LogP) is 3.07. The largest absolute Gasteiger partial charge is 0.357 e. The number of nitrogens with zero attached hydrogens (tertiary/aromatic N) is 2. The summed E-state index contributed by atoms with van der Waals surface area (Å²) in [7, 11) is 0. The lowest BCUT2D eigenvalue weighted by Crippen LogP contribution is -2.40. The van der Waals surface area contributed by atoms with Crippen LogP contribution >= 0.6 is 0 Å². The van der Waals surface area contributed by atoms with Crippen molar-refractivity contribution in [3.05, 3.63) is 29.6 Å². The molecule has 1 fully saturated rings. The minimum atomic E-state index is 0.476. The lowest BCUT2D eigenvalue weighted by Gasteiger charge is -2.40. The van der Waals surface area contributed by atoms with Crippen molar-refractivity contribution >= 4 is 5.96 Å². The molecule has 0 atom stereocenters. The van der Waals surface area contributed by atoms with Crippen LogP contribution in [0, 0.1) is 12.3 Å². The number of hydrogen-bond acceptors (Lipinski definition) is 2. The number of aromatic nitrogens is 1. The summed E-state index contributed by atoms with van der Waals surface area (Å²) in [4.78, 5) is 8.96. The van der Waals surface area contributed by atoms with Crippen molar-refractivity contribution in [1.29, 1.82) is 0 Å². The number of rotatable bonds is 7. The van der Waals surface area contributed by atoms with Gasteiger partial charge in [0.25, 0.3) is 0 Å². The van der Waals surface area contributed by atoms with Crippen LogP contribution in [0.25, 0.3) is 0 Å². The molecule has 0 bridgehead atoms. The van der Waals surface area contributed by atoms with E-state index in [0.29, 0.717) is 5.41 Å². The van der Waals surface area contributed by atoms with Crippen molar-refractivity contribution in [2.24, 2.45) is 10.4 Å². The Hall–Kier alpha value is -1.58. The van der Waals surface area contributed by atoms with Gasteiger partial charge in [-0.1, -0.05) is 13.3 Å². The molecule has 4 heteroatoms. The molecule has 0 saturated heterocycles. The molecule has 0 radical (unpaired) electrons. The highest BCUT2D eigenvalue weighted by Gasteiger charge is 2.34. The molecule has 2 rings (SSSR count). The Kier molecular flexibility index (Phi) is 6.22. The quantitative estimate of drug-likeness (QED) is 0.601. The number of pyridine rings is 1. The normalized spacial score (nSPS) is 17.0. The molecule has 1 aliphatic rings. The smallest absolute Gasteiger partial charge is 0.191 e. The zero-order valence-electron chi connectivity index (χ0n) is 14.3. The molecule has 1 aliphatic carbocycles. The van der Waals surface area contributed by atoms with E-state index in [-0.39, 0.29) is 0 Å². The van der Waals surface area contributed by atoms with Crippen LogP contribution in [-0.4, -0.2) is 30.6 Å². The fourth-order valence-corrected chi connectivity index (χ4v) is 2.99. The van der Waals surface area contributed by atoms with Crippen LogP contribution in [0.15, 0.2) is 23.5 Å². The molecular weight excluding hydrogens is 272 g/mol. The summed E-state index contributed by atoms with van der Waals surface area (Å²) in [5.41, 5.74) is 3.08. The third-order valence-electron chi connectivity index (χ3n) is 4.90. The van der Waals surface area contributed by atoms with E-state index in [1.165, 1.54) is 36.8 Å². The molecule has 0 amide bonds. The van der Waals surface area contributed by atoms with Crippen LogP contribution < -0.4 is 10.6 Å². The number of hydrogen-bond donors (Lipinski definition) is 2. The van der Waals surface area contributed by atoms with Gasteiger partial charge in [-0.05, 0) is 62.1 Å². The van der Waals surface area contributed by atoms with Gasteiger partial charge in [-0.25, -0.2) is 0 Å². The third kappa shape index (κ3) is 4.46. The van der Waals surface area contributed by atoms with Gasteiger partial charge in [0.05, 0.1) is 0 Å². The molecule has 0 aromatic carbocycles. The number of aliphatic imine (C=N–C) groups is 1. The molecule has 1 aromatic rings. The molecule has 22 heavy (non-hydrogen) atoms. The van der Waals surface area contributed by atoms with Gasteiger partial charge in [0.15, 0.2) is 5.96 Å². The van der Waals surface area contributed by atoms with E-state index in [2.05, 4.69) is 42.5 Å². The fraction of sp³-hybridized carbons (Fsp3) is 0.667. The number of aryl methyl sites for hydroxylation is 1. The van der Waals surface area contributed by atoms with Gasteiger partial charge >= 0.3 is 0 Å². The lowest BCUT2D eigenvalue weighted by atomic mass is 9.67. The summed E-state index contributed by atoms with van der Waals surface area (Å²) >= 11 is 0. The average molecular weight is 302 g/mol. The maximum Gasteiger partial charge on any atom is 0.191 e. The van der Waals surface area contributed by atoms with Crippen molar-refractivity contribution in [3.63, 3.8) is 0 Å². The van der Waals surface area contributed by atoms with Gasteiger partial charge in [0.2, 0.25) is 0 Å². The second-order valence-corrected chi connectivity index (χ2v) is 6.38. The van der Waals surface area contributed by atoms with Gasteiger partial charge in [0, 0.05) is 32.0 Å². The first-order chi connectivity index (χ1) is 10.7. The summed E-state index contributed by atoms with van der Waals surface area (Å²) in [5, 5.41) is 6.81. The predicted molar refractivity (Wildman–Crippen MR) is 93.2 cm³/mol. The molecule has 1 aromatic heterocycles. The van der Waals surface area contributed by atoms with E-state index in [1.807, 2.05) is 12.4 Å². The van der Waals surface area contributed by atoms with E-state index in [9.17, 15) is 0 Å². The SMILES string of the molecule is CCNC(=NCC1(CC)CCC1)NCCc1ccncc1C. The summed E-state index contributed by atoms with van der Waals surface area (Å²) < 4.78 is 0. The molecule has 0 aliphatic heterocycles. The van der Waals surface area contributed by atoms with E-state index in [0.717, 1.165) is 32.0 Å². The van der Waals surface area contributed by atoms with Crippen molar-refractivity contribution in [1.82, 2.24) is 15.6 Å². The second kappa shape index (κ2) is 8.16. The Morgan fingerprint density at radius 1 is 1.32 bits per heavy atom. The van der Waals surface area contributed by atoms with E-state index in [4.69, 9.17) is 4.99 Å². The third-order valence-corrected chi connectivity index (χ3v) is 4.90. The molecular formula is C18H30N4. The van der Waals surface area contributed by atoms with E-state index < -0.39 is 0 Å². The fourth-order valence-electron chi connectivity index (χ4n) is 2.99. The molecule has 0 unspecified atom stereocenters. The molecule has 1 saturated carbocycles. The highest BCUT2D eigenvalue weighted by Crippen LogP contribution is 2.43. The molecule has 0 spiro atoms. The maximum atomic E-state index is 4.81. The van der Waals surface area contributed by atoms with Crippen LogP contribution in [0.2, 0.25) is 0 Å². The minimum absolute atomic E-state index is 0.476. The number of guanidine groups is 1. The van der Waals surface area contributed by atoms with Gasteiger partial charge in [-0.2, -0.15) is 0 Å². The summed E-state index contributed by atoms with van der Waals surface area (Å²) in [5.74, 6) is 0.953. The Bertz CT molecular complexity index is 486. The highest BCUT2D eigenvalue weighted by molar-refractivity contribution is 5.79. The first kappa shape index (κ1) is 16.8. The second-order valence-electron chi connectivity index (χ2n) is 6.38. The van der Waals surface area contributed by atoms with Gasteiger partial charge in [-0.3, -0.25) is 9.98 Å². The molecule has 2 N–H and O–H groups in total. The molecule has 4 nitrogen and oxygen atoms in total. The standard InChI is InChI=1S/C18H30N4/c1-4-18(9-6-10-18)14-22-17(20-5-2)21-12-8-16-7-11-19-13-15(16)3/h7,11,13H,4-6,8-10,12,14H2,1-3H3,(H2,20,21,22). The summed E-state index contributed by atoms with van der Waals surface area (Å²) in [6, 6.07) is 2.10. The maximum absolute atomic E-state index is 4.81. The monoisotopic (exact) mass is 302 g/mol. The first-order valence-electron chi connectivity index (χ1n) is 8.61. The van der Waals surface area contributed by atoms with Crippen LogP contribution in [0.3, 0.4) is 0 Å². The van der Waals surface area contributed by atoms with Crippen LogP contribution in [0.4, 0.5) is 0 Å². The zero-order valence-corrected chi connectivity index (χ0v) is 14.3. The minimum Gasteiger partial charge on any atom is -0.357 e. The van der Waals surface area contributed by atoms with Crippen LogP contribution in [0.5, 0.6) is 0 Å². The van der Waals surface area contributed by atoms with Crippen LogP contribution in [-0.2, 0) is 6.42 Å². The highest BCUT2D eigenvalue weighted by atomic mass is 15.2. The van der Waals surface area contributed by atoms with Crippen LogP contribution in [0.1, 0.15) is 50.7 Å². The van der Waals surface area contributed by atoms with Crippen molar-refractivity contribution in [2.45, 2.75) is 52.9 Å². The topological polar surface area (TPSA) is 49.3 Å². The first-order valence-corrected chi connectivity index (χ1v) is 8.61. The van der Waals surface area contributed by atoms with E-state index >= 15 is 0 Å². The molecule has 122 valence electrons. The Morgan fingerprint density at radius 3 is 2.73 bits per heavy atom. The summed E-state index contributed by atoms with van der Waals surface area (Å²) in [6.07, 6.45) is 10.1. The zero-order chi connectivity index (χ0) is 15.8. The van der Waals surface area contributed by atoms with Crippen molar-refractivity contribution in [2.75, 3.05) is 19.6 Å². The van der Waals surface area contributed by atoms with Gasteiger partial charge < -0.3 is 10.6 Å².